The van der Waals surface area contributed by atoms with E-state index >= 15 is 0 Å². The van der Waals surface area contributed by atoms with Crippen LogP contribution in [-0.4, -0.2) is 196 Å². The molecule has 0 radical (unpaired) electrons. The number of pyridine rings is 5. The highest BCUT2D eigenvalue weighted by Gasteiger charge is 2.31. The molecule has 5 aliphatic carbocycles. The van der Waals surface area contributed by atoms with Gasteiger partial charge < -0.3 is 58.9 Å². The van der Waals surface area contributed by atoms with E-state index in [0.717, 1.165) is 158 Å². The van der Waals surface area contributed by atoms with Crippen LogP contribution in [0.15, 0.2) is 253 Å². The Morgan fingerprint density at radius 2 is 1.05 bits per heavy atom. The molecule has 0 saturated carbocycles. The van der Waals surface area contributed by atoms with Crippen LogP contribution >= 0.6 is 15.9 Å². The molecule has 2 saturated heterocycles. The minimum absolute atomic E-state index is 0.0660. The molecule has 30 heteroatoms. The van der Waals surface area contributed by atoms with Gasteiger partial charge in [0.05, 0.1) is 133 Å². The van der Waals surface area contributed by atoms with Crippen LogP contribution in [0, 0.1) is 20.8 Å². The number of nitrogen functional groups attached to an aromatic ring is 1. The number of aryl methyl sites for hydroxylation is 3. The first-order valence-corrected chi connectivity index (χ1v) is 46.8. The van der Waals surface area contributed by atoms with Crippen molar-refractivity contribution < 1.29 is 52.5 Å². The van der Waals surface area contributed by atoms with Crippen LogP contribution in [0.2, 0.25) is 0 Å². The molecule has 706 valence electrons. The van der Waals surface area contributed by atoms with Gasteiger partial charge in [0.25, 0.3) is 0 Å². The number of aliphatic imine (C=N–C) groups is 5. The number of carbonyl (C=O) groups excluding carboxylic acids is 6. The van der Waals surface area contributed by atoms with Crippen molar-refractivity contribution in [1.29, 1.82) is 0 Å². The number of nitrogens with two attached hydrogens (primary N) is 1. The molecule has 1 amide bonds. The Balaban J connectivity index is 0.000000145. The zero-order chi connectivity index (χ0) is 97.3. The molecule has 137 heavy (non-hydrogen) atoms. The van der Waals surface area contributed by atoms with Crippen molar-refractivity contribution in [2.45, 2.75) is 101 Å². The second-order valence-electron chi connectivity index (χ2n) is 32.6. The van der Waals surface area contributed by atoms with Crippen molar-refractivity contribution in [2.75, 3.05) is 137 Å². The Hall–Kier alpha value is -15.0. The van der Waals surface area contributed by atoms with Gasteiger partial charge in [-0.2, -0.15) is 0 Å². The van der Waals surface area contributed by atoms with Gasteiger partial charge in [-0.1, -0.05) is 26.7 Å². The molecular formula is C107H114BrN17O12. The smallest absolute Gasteiger partial charge is 0.411 e. The largest absolute Gasteiger partial charge is 0.495 e. The lowest BCUT2D eigenvalue weighted by Gasteiger charge is -2.29. The molecular weight excluding hydrogens is 1800 g/mol. The number of hydrogen-bond acceptors (Lipinski definition) is 27. The Bertz CT molecular complexity index is 6540. The van der Waals surface area contributed by atoms with Gasteiger partial charge in [-0.15, -0.1) is 0 Å². The quantitative estimate of drug-likeness (QED) is 0.0506. The summed E-state index contributed by atoms with van der Waals surface area (Å²) in [6, 6.07) is 46.2. The monoisotopic (exact) mass is 1910 g/mol. The van der Waals surface area contributed by atoms with Crippen LogP contribution < -0.4 is 55.2 Å². The summed E-state index contributed by atoms with van der Waals surface area (Å²) in [4.78, 5) is 140. The minimum atomic E-state index is -0.689. The molecule has 7 heterocycles. The summed E-state index contributed by atoms with van der Waals surface area (Å²) in [5.74, 6) is 1.39. The number of nitrogens with zero attached hydrogens (tertiary/aromatic N) is 14. The number of rotatable bonds is 24. The fraction of sp³-hybridized carbons (Fsp3) is 0.290. The standard InChI is InChI=1S/C23H26BrN3O.C22H22N4O4.C22H23N3O2.C20H22N4O2.C20H21N3O3/c1-3-5-14-27(15-6-4-2)18-11-9-17(10-12-18)26-22-19-8-7-13-25-23(19)21(28)16-20(22)24;1-29-16-11-17-20(18(25-22(28)30-2)12-19(27)21(17)23-13-16)24-14-5-7-15(8-6-14)26-9-3-4-10-26;1-14-12-17(25-8-10-27-11-9-25)13-15(2)21(14)24-19-6-7-20(26)22-18(19)5-4-16(3)23-22;1-4-24(5-2)16-9-6-13(12-18(16)26-3)22-15-8-10-17(25)20-14(15)7-11-19(21)23-20;1-4-23(5-2)15-8-6-13(12-18(15)26-3)22-14-7-9-17(25)20-19(14)16(24)10-11-21-20/h7-13,16H,3-6,14-15H2,1-2H3;5-8,11-13H,3-4,9-10H2,1-2H3,(H,25,28);4-7,12-13H,8-11H2,1-3H3;6-12H,4-5H2,1-3H3,(H2,21,23);6-12H,4-5H2,1-3H3,(H,21,24). The normalized spacial score (nSPS) is 15.8. The lowest BCUT2D eigenvalue weighted by atomic mass is 9.96. The van der Waals surface area contributed by atoms with Gasteiger partial charge in [-0.3, -0.25) is 39.1 Å². The van der Waals surface area contributed by atoms with E-state index in [0.29, 0.717) is 84.1 Å². The average molecular weight is 1910 g/mol. The summed E-state index contributed by atoms with van der Waals surface area (Å²) in [6.07, 6.45) is 23.4. The van der Waals surface area contributed by atoms with Crippen molar-refractivity contribution in [3.8, 4) is 17.2 Å². The predicted octanol–water partition coefficient (Wildman–Crippen LogP) is 19.5. The SMILES string of the molecule is CCCCN(CCCC)c1ccc(N=C2C(Br)=CC(=O)c3ncccc32)cc1.CCN(CC)c1ccc(N=C2C=CC(=O)c3[nH]ccc(=O)c32)cc1OC.CCN(CC)c1ccc(N=C2C=CC(=O)c3nc(N)ccc32)cc1OC.COC(=O)NC1=CC(=O)c2ncc(OC)cc2C1=Nc1ccc(N2CCCC2)cc1.Cc1ccc2c(n1)C(=O)C=CC2=Nc1c(C)cc(N2CCOCC2)cc1C. The lowest BCUT2D eigenvalue weighted by molar-refractivity contribution is 0.103. The van der Waals surface area contributed by atoms with Crippen molar-refractivity contribution in [3.63, 3.8) is 0 Å². The molecule has 7 aliphatic rings. The number of amides is 1. The molecule has 0 unspecified atom stereocenters. The van der Waals surface area contributed by atoms with Gasteiger partial charge in [0.15, 0.2) is 5.43 Å². The second-order valence-corrected chi connectivity index (χ2v) is 33.5. The van der Waals surface area contributed by atoms with Gasteiger partial charge in [-0.05, 0) is 265 Å². The third-order valence-electron chi connectivity index (χ3n) is 23.6. The molecule has 2 fully saturated rings. The van der Waals surface area contributed by atoms with Crippen LogP contribution in [0.3, 0.4) is 0 Å². The number of aromatic amines is 1. The molecule has 5 aromatic heterocycles. The van der Waals surface area contributed by atoms with Crippen LogP contribution in [0.4, 0.5) is 67.5 Å². The van der Waals surface area contributed by atoms with E-state index in [-0.39, 0.29) is 51.4 Å². The number of H-pyrrole nitrogens is 1. The number of benzene rings is 5. The number of unbranched alkanes of at least 4 members (excludes halogenated alkanes) is 2. The van der Waals surface area contributed by atoms with E-state index in [2.05, 4.69) is 165 Å². The molecule has 0 atom stereocenters. The summed E-state index contributed by atoms with van der Waals surface area (Å²) in [5.41, 5.74) is 26.2. The van der Waals surface area contributed by atoms with Gasteiger partial charge in [0.2, 0.25) is 28.9 Å². The maximum absolute atomic E-state index is 12.5. The van der Waals surface area contributed by atoms with Gasteiger partial charge >= 0.3 is 6.09 Å². The second kappa shape index (κ2) is 47.2. The van der Waals surface area contributed by atoms with Crippen molar-refractivity contribution in [2.24, 2.45) is 25.0 Å². The van der Waals surface area contributed by atoms with E-state index in [1.54, 1.807) is 69.0 Å². The van der Waals surface area contributed by atoms with E-state index in [4.69, 9.17) is 39.7 Å². The van der Waals surface area contributed by atoms with E-state index in [1.165, 1.54) is 101 Å². The molecule has 4 N–H and O–H groups in total. The number of fused-ring (bicyclic) bond motifs is 5. The number of alkyl carbamates (subject to hydrolysis) is 1. The summed E-state index contributed by atoms with van der Waals surface area (Å²) in [5, 5.41) is 2.58. The van der Waals surface area contributed by atoms with E-state index < -0.39 is 6.09 Å². The number of ether oxygens (including phenoxy) is 5. The Labute approximate surface area is 806 Å². The molecule has 10 aromatic rings. The van der Waals surface area contributed by atoms with Crippen molar-refractivity contribution in [3.05, 3.63) is 306 Å². The zero-order valence-electron chi connectivity index (χ0n) is 79.6. The maximum Gasteiger partial charge on any atom is 0.411 e. The fourth-order valence-corrected chi connectivity index (χ4v) is 16.9. The zero-order valence-corrected chi connectivity index (χ0v) is 81.1. The first-order chi connectivity index (χ1) is 66.4. The van der Waals surface area contributed by atoms with Gasteiger partial charge in [0, 0.05) is 158 Å². The summed E-state index contributed by atoms with van der Waals surface area (Å²) < 4.78 is 27.2. The molecule has 17 rings (SSSR count). The Morgan fingerprint density at radius 1 is 0.511 bits per heavy atom. The molecule has 29 nitrogen and oxygen atoms in total. The number of anilines is 6. The third-order valence-corrected chi connectivity index (χ3v) is 24.2. The van der Waals surface area contributed by atoms with E-state index in [1.807, 2.05) is 104 Å². The summed E-state index contributed by atoms with van der Waals surface area (Å²) >= 11 is 3.49. The number of halogens is 1. The number of allylic oxidation sites excluding steroid dienone is 10. The number of aromatic nitrogens is 5. The van der Waals surface area contributed by atoms with Crippen LogP contribution in [0.1, 0.15) is 177 Å². The lowest BCUT2D eigenvalue weighted by Crippen LogP contribution is -2.36. The Kier molecular flexibility index (Phi) is 34.3. The van der Waals surface area contributed by atoms with Crippen LogP contribution in [0.5, 0.6) is 17.2 Å². The highest BCUT2D eigenvalue weighted by Crippen LogP contribution is 2.39. The number of ketones is 5. The van der Waals surface area contributed by atoms with Crippen LogP contribution in [-0.2, 0) is 9.47 Å². The summed E-state index contributed by atoms with van der Waals surface area (Å²) in [7, 11) is 6.05. The van der Waals surface area contributed by atoms with Crippen molar-refractivity contribution in [1.82, 2.24) is 30.2 Å². The topological polar surface area (TPSA) is 349 Å². The molecule has 2 aliphatic heterocycles. The first-order valence-electron chi connectivity index (χ1n) is 46.0. The average Bonchev–Trinajstić information content (AvgIpc) is 0.867. The molecule has 5 aromatic carbocycles. The number of carbonyl (C=O) groups is 6. The van der Waals surface area contributed by atoms with E-state index in [9.17, 15) is 33.6 Å². The number of hydrogen-bond donors (Lipinski definition) is 3. The number of nitrogens with one attached hydrogen (secondary N) is 2. The fourth-order valence-electron chi connectivity index (χ4n) is 16.4. The van der Waals surface area contributed by atoms with Gasteiger partial charge in [0.1, 0.15) is 45.8 Å². The molecule has 0 spiro atoms. The third kappa shape index (κ3) is 24.4. The number of methoxy groups -OCH3 is 4. The van der Waals surface area contributed by atoms with Crippen molar-refractivity contribution >= 4 is 142 Å². The first kappa shape index (κ1) is 99.4. The highest BCUT2D eigenvalue weighted by molar-refractivity contribution is 9.12. The predicted molar refractivity (Wildman–Crippen MR) is 549 cm³/mol. The maximum atomic E-state index is 12.5. The van der Waals surface area contributed by atoms with Gasteiger partial charge in [-0.25, -0.2) is 44.7 Å². The Morgan fingerprint density at radius 3 is 1.64 bits per heavy atom. The number of morpholine rings is 1. The molecule has 0 bridgehead atoms. The summed E-state index contributed by atoms with van der Waals surface area (Å²) in [6.45, 7) is 30.1. The van der Waals surface area contributed by atoms with Crippen LogP contribution in [0.25, 0.3) is 0 Å². The minimum Gasteiger partial charge on any atom is -0.495 e. The highest BCUT2D eigenvalue weighted by atomic mass is 79.9.